The molecule has 0 aliphatic carbocycles. The fourth-order valence-electron chi connectivity index (χ4n) is 3.37. The molecule has 1 aliphatic rings. The third-order valence-corrected chi connectivity index (χ3v) is 4.95. The largest absolute Gasteiger partial charge is 0.337 e. The van der Waals surface area contributed by atoms with Crippen LogP contribution in [0.15, 0.2) is 47.1 Å². The van der Waals surface area contributed by atoms with Crippen molar-refractivity contribution in [1.29, 1.82) is 0 Å². The van der Waals surface area contributed by atoms with Gasteiger partial charge in [-0.05, 0) is 46.6 Å². The van der Waals surface area contributed by atoms with Crippen molar-refractivity contribution in [3.05, 3.63) is 58.6 Å². The van der Waals surface area contributed by atoms with E-state index >= 15 is 0 Å². The summed E-state index contributed by atoms with van der Waals surface area (Å²) in [5.41, 5.74) is 3.32. The van der Waals surface area contributed by atoms with Gasteiger partial charge in [0.25, 0.3) is 5.91 Å². The molecule has 0 radical (unpaired) electrons. The minimum absolute atomic E-state index is 0.0390. The van der Waals surface area contributed by atoms with Gasteiger partial charge in [-0.3, -0.25) is 9.69 Å². The second-order valence-electron chi connectivity index (χ2n) is 6.48. The lowest BCUT2D eigenvalue weighted by molar-refractivity contribution is 0.0761. The Kier molecular flexibility index (Phi) is 4.86. The average Bonchev–Trinajstić information content (AvgIpc) is 3.02. The molecule has 0 atom stereocenters. The summed E-state index contributed by atoms with van der Waals surface area (Å²) >= 11 is 6.01. The highest BCUT2D eigenvalue weighted by Crippen LogP contribution is 2.18. The number of carbonyl (C=O) groups excluding carboxylic acids is 1. The van der Waals surface area contributed by atoms with Crippen LogP contribution in [0.3, 0.4) is 0 Å². The van der Waals surface area contributed by atoms with Crippen molar-refractivity contribution in [2.24, 2.45) is 0 Å². The maximum absolute atomic E-state index is 12.7. The van der Waals surface area contributed by atoms with E-state index in [1.165, 1.54) is 0 Å². The maximum atomic E-state index is 12.7. The smallest absolute Gasteiger partial charge is 0.253 e. The Hall–Kier alpha value is -2.44. The van der Waals surface area contributed by atoms with Crippen molar-refractivity contribution in [3.63, 3.8) is 0 Å². The number of amides is 1. The van der Waals surface area contributed by atoms with Crippen LogP contribution in [0.5, 0.6) is 0 Å². The summed E-state index contributed by atoms with van der Waals surface area (Å²) in [4.78, 5) is 17.0. The van der Waals surface area contributed by atoms with Crippen LogP contribution in [-0.2, 0) is 6.54 Å². The number of carbonyl (C=O) groups is 1. The van der Waals surface area contributed by atoms with Crippen molar-refractivity contribution in [2.45, 2.75) is 13.0 Å². The molecule has 0 saturated carbocycles. The van der Waals surface area contributed by atoms with E-state index in [0.717, 1.165) is 49.2 Å². The van der Waals surface area contributed by atoms with Crippen LogP contribution in [0.1, 0.15) is 22.3 Å². The molecule has 4 rings (SSSR count). The molecule has 7 heteroatoms. The van der Waals surface area contributed by atoms with Crippen molar-refractivity contribution in [3.8, 4) is 0 Å². The van der Waals surface area contributed by atoms with Crippen LogP contribution >= 0.6 is 11.6 Å². The molecule has 0 unspecified atom stereocenters. The molecule has 0 bridgehead atoms. The Morgan fingerprint density at radius 2 is 1.96 bits per heavy atom. The lowest BCUT2D eigenvalue weighted by atomic mass is 10.1. The van der Waals surface area contributed by atoms with Gasteiger partial charge in [0.15, 0.2) is 0 Å². The molecule has 0 N–H and O–H groups in total. The average molecular weight is 371 g/mol. The molecule has 0 spiro atoms. The molecular formula is C19H19ClN4O2. The van der Waals surface area contributed by atoms with Crippen LogP contribution in [0.25, 0.3) is 11.0 Å². The van der Waals surface area contributed by atoms with E-state index < -0.39 is 0 Å². The van der Waals surface area contributed by atoms with Crippen molar-refractivity contribution >= 4 is 28.5 Å². The van der Waals surface area contributed by atoms with Gasteiger partial charge >= 0.3 is 0 Å². The monoisotopic (exact) mass is 370 g/mol. The van der Waals surface area contributed by atoms with E-state index in [-0.39, 0.29) is 5.91 Å². The van der Waals surface area contributed by atoms with Crippen LogP contribution < -0.4 is 0 Å². The van der Waals surface area contributed by atoms with E-state index in [1.54, 1.807) is 12.1 Å². The lowest BCUT2D eigenvalue weighted by Crippen LogP contribution is -2.35. The summed E-state index contributed by atoms with van der Waals surface area (Å²) in [6, 6.07) is 13.0. The quantitative estimate of drug-likeness (QED) is 0.708. The molecule has 134 valence electrons. The third-order valence-electron chi connectivity index (χ3n) is 4.71. The molecule has 1 fully saturated rings. The first-order valence-corrected chi connectivity index (χ1v) is 9.06. The lowest BCUT2D eigenvalue weighted by Gasteiger charge is -2.22. The highest BCUT2D eigenvalue weighted by Gasteiger charge is 2.21. The first-order valence-electron chi connectivity index (χ1n) is 8.68. The van der Waals surface area contributed by atoms with Gasteiger partial charge in [-0.1, -0.05) is 29.8 Å². The second kappa shape index (κ2) is 7.43. The number of hydrogen-bond acceptors (Lipinski definition) is 5. The number of rotatable bonds is 3. The predicted octanol–water partition coefficient (Wildman–Crippen LogP) is 3.22. The summed E-state index contributed by atoms with van der Waals surface area (Å²) in [7, 11) is 0. The standard InChI is InChI=1S/C19H19ClN4O2/c20-16-6-1-4-14(12-16)19(25)24-9-3-8-23(10-11-24)13-15-5-2-7-17-18(15)22-26-21-17/h1-2,4-7,12H,3,8-11,13H2. The highest BCUT2D eigenvalue weighted by atomic mass is 35.5. The van der Waals surface area contributed by atoms with Crippen LogP contribution in [0, 0.1) is 0 Å². The Bertz CT molecular complexity index is 927. The van der Waals surface area contributed by atoms with E-state index in [1.807, 2.05) is 35.2 Å². The summed E-state index contributed by atoms with van der Waals surface area (Å²) in [5.74, 6) is 0.0390. The predicted molar refractivity (Wildman–Crippen MR) is 99.1 cm³/mol. The summed E-state index contributed by atoms with van der Waals surface area (Å²) in [6.45, 7) is 3.95. The molecule has 3 aromatic rings. The van der Waals surface area contributed by atoms with Gasteiger partial charge < -0.3 is 4.90 Å². The van der Waals surface area contributed by atoms with Crippen LogP contribution in [0.2, 0.25) is 5.02 Å². The first kappa shape index (κ1) is 17.0. The summed E-state index contributed by atoms with van der Waals surface area (Å²) in [5, 5.41) is 8.49. The summed E-state index contributed by atoms with van der Waals surface area (Å²) in [6.07, 6.45) is 0.930. The highest BCUT2D eigenvalue weighted by molar-refractivity contribution is 6.30. The molecule has 1 aromatic heterocycles. The van der Waals surface area contributed by atoms with Gasteiger partial charge in [0.2, 0.25) is 0 Å². The number of halogens is 1. The number of fused-ring (bicyclic) bond motifs is 1. The fourth-order valence-corrected chi connectivity index (χ4v) is 3.56. The molecule has 2 aromatic carbocycles. The second-order valence-corrected chi connectivity index (χ2v) is 6.92. The van der Waals surface area contributed by atoms with E-state index in [9.17, 15) is 4.79 Å². The van der Waals surface area contributed by atoms with Gasteiger partial charge in [0.1, 0.15) is 11.0 Å². The zero-order chi connectivity index (χ0) is 17.9. The van der Waals surface area contributed by atoms with Gasteiger partial charge in [0.05, 0.1) is 0 Å². The zero-order valence-electron chi connectivity index (χ0n) is 14.3. The SMILES string of the molecule is O=C(c1cccc(Cl)c1)N1CCCN(Cc2cccc3nonc23)CC1. The van der Waals surface area contributed by atoms with Crippen molar-refractivity contribution in [1.82, 2.24) is 20.1 Å². The minimum atomic E-state index is 0.0390. The minimum Gasteiger partial charge on any atom is -0.337 e. The van der Waals surface area contributed by atoms with Crippen LogP contribution in [0.4, 0.5) is 0 Å². The first-order chi connectivity index (χ1) is 12.7. The van der Waals surface area contributed by atoms with Gasteiger partial charge in [-0.15, -0.1) is 0 Å². The van der Waals surface area contributed by atoms with E-state index in [4.69, 9.17) is 16.2 Å². The van der Waals surface area contributed by atoms with Crippen molar-refractivity contribution in [2.75, 3.05) is 26.2 Å². The zero-order valence-corrected chi connectivity index (χ0v) is 15.0. The maximum Gasteiger partial charge on any atom is 0.253 e. The molecule has 1 aliphatic heterocycles. The number of hydrogen-bond donors (Lipinski definition) is 0. The van der Waals surface area contributed by atoms with Gasteiger partial charge in [0, 0.05) is 43.3 Å². The van der Waals surface area contributed by atoms with Crippen molar-refractivity contribution < 1.29 is 9.42 Å². The number of aromatic nitrogens is 2. The molecule has 2 heterocycles. The Balaban J connectivity index is 1.43. The van der Waals surface area contributed by atoms with E-state index in [0.29, 0.717) is 17.1 Å². The Morgan fingerprint density at radius 1 is 1.08 bits per heavy atom. The topological polar surface area (TPSA) is 62.5 Å². The molecular weight excluding hydrogens is 352 g/mol. The normalized spacial score (nSPS) is 16.0. The van der Waals surface area contributed by atoms with Crippen LogP contribution in [-0.4, -0.2) is 52.2 Å². The summed E-state index contributed by atoms with van der Waals surface area (Å²) < 4.78 is 4.84. The Morgan fingerprint density at radius 3 is 2.85 bits per heavy atom. The molecule has 1 saturated heterocycles. The third kappa shape index (κ3) is 3.57. The Labute approximate surface area is 156 Å². The molecule has 6 nitrogen and oxygen atoms in total. The molecule has 26 heavy (non-hydrogen) atoms. The van der Waals surface area contributed by atoms with Gasteiger partial charge in [-0.25, -0.2) is 4.63 Å². The van der Waals surface area contributed by atoms with Gasteiger partial charge in [-0.2, -0.15) is 0 Å². The van der Waals surface area contributed by atoms with E-state index in [2.05, 4.69) is 15.2 Å². The molecule has 1 amide bonds. The number of benzene rings is 2. The number of nitrogens with zero attached hydrogens (tertiary/aromatic N) is 4. The fraction of sp³-hybridized carbons (Fsp3) is 0.316.